The number of nitrogens with two attached hydrogens (primary N) is 1. The molecule has 0 bridgehead atoms. The van der Waals surface area contributed by atoms with Gasteiger partial charge in [-0.25, -0.2) is 0 Å². The van der Waals surface area contributed by atoms with Crippen LogP contribution in [0.3, 0.4) is 0 Å². The molecule has 1 heterocycles. The molecule has 0 aliphatic rings. The first-order valence-electron chi connectivity index (χ1n) is 4.81. The number of carbonyl (C=O) groups excluding carboxylic acids is 1. The molecule has 0 radical (unpaired) electrons. The van der Waals surface area contributed by atoms with E-state index < -0.39 is 0 Å². The van der Waals surface area contributed by atoms with Crippen LogP contribution in [-0.4, -0.2) is 23.2 Å². The van der Waals surface area contributed by atoms with Crippen LogP contribution in [0.1, 0.15) is 10.4 Å². The standard InChI is InChI=1S/C11H12N4O/c1-15(10-4-2-3-9(12)5-10)11(16)8-6-13-14-7-8/h2-7H,12H2,1H3,(H,13,14). The van der Waals surface area contributed by atoms with E-state index in [0.29, 0.717) is 11.3 Å². The number of nitrogens with zero attached hydrogens (tertiary/aromatic N) is 2. The zero-order valence-electron chi connectivity index (χ0n) is 8.84. The first-order valence-corrected chi connectivity index (χ1v) is 4.81. The summed E-state index contributed by atoms with van der Waals surface area (Å²) in [5.41, 5.74) is 7.56. The fourth-order valence-corrected chi connectivity index (χ4v) is 1.41. The van der Waals surface area contributed by atoms with E-state index in [2.05, 4.69) is 10.2 Å². The Balaban J connectivity index is 2.26. The number of anilines is 2. The van der Waals surface area contributed by atoms with Crippen LogP contribution in [0.25, 0.3) is 0 Å². The van der Waals surface area contributed by atoms with Gasteiger partial charge in [0.2, 0.25) is 0 Å². The van der Waals surface area contributed by atoms with Crippen molar-refractivity contribution in [2.24, 2.45) is 0 Å². The molecular weight excluding hydrogens is 204 g/mol. The lowest BCUT2D eigenvalue weighted by Crippen LogP contribution is -2.25. The number of benzene rings is 1. The minimum atomic E-state index is -0.126. The molecule has 0 aliphatic carbocycles. The molecule has 5 heteroatoms. The molecule has 2 aromatic rings. The van der Waals surface area contributed by atoms with Gasteiger partial charge in [-0.05, 0) is 18.2 Å². The molecule has 5 nitrogen and oxygen atoms in total. The SMILES string of the molecule is CN(C(=O)c1cn[nH]c1)c1cccc(N)c1. The van der Waals surface area contributed by atoms with Crippen LogP contribution in [-0.2, 0) is 0 Å². The molecule has 16 heavy (non-hydrogen) atoms. The Bertz CT molecular complexity index is 492. The number of rotatable bonds is 2. The summed E-state index contributed by atoms with van der Waals surface area (Å²) in [7, 11) is 1.70. The van der Waals surface area contributed by atoms with Crippen LogP contribution < -0.4 is 10.6 Å². The Kier molecular flexibility index (Phi) is 2.59. The number of nitrogens with one attached hydrogen (secondary N) is 1. The second kappa shape index (κ2) is 4.06. The summed E-state index contributed by atoms with van der Waals surface area (Å²) in [5.74, 6) is -0.126. The highest BCUT2D eigenvalue weighted by Crippen LogP contribution is 2.17. The molecule has 0 aliphatic heterocycles. The van der Waals surface area contributed by atoms with Gasteiger partial charge in [0.15, 0.2) is 0 Å². The molecule has 0 saturated carbocycles. The van der Waals surface area contributed by atoms with Gasteiger partial charge in [0.05, 0.1) is 11.8 Å². The number of hydrogen-bond donors (Lipinski definition) is 2. The van der Waals surface area contributed by atoms with Gasteiger partial charge < -0.3 is 10.6 Å². The largest absolute Gasteiger partial charge is 0.399 e. The first-order chi connectivity index (χ1) is 7.68. The lowest BCUT2D eigenvalue weighted by molar-refractivity contribution is 0.0993. The van der Waals surface area contributed by atoms with Crippen molar-refractivity contribution in [3.63, 3.8) is 0 Å². The molecule has 0 unspecified atom stereocenters. The van der Waals surface area contributed by atoms with Gasteiger partial charge in [-0.3, -0.25) is 9.89 Å². The van der Waals surface area contributed by atoms with Gasteiger partial charge in [-0.2, -0.15) is 5.10 Å². The van der Waals surface area contributed by atoms with E-state index in [1.807, 2.05) is 12.1 Å². The van der Waals surface area contributed by atoms with E-state index in [9.17, 15) is 4.79 Å². The highest BCUT2D eigenvalue weighted by atomic mass is 16.2. The third-order valence-corrected chi connectivity index (χ3v) is 2.31. The second-order valence-electron chi connectivity index (χ2n) is 3.45. The smallest absolute Gasteiger partial charge is 0.261 e. The van der Waals surface area contributed by atoms with Gasteiger partial charge in [0, 0.05) is 24.6 Å². The summed E-state index contributed by atoms with van der Waals surface area (Å²) in [5, 5.41) is 6.35. The fraction of sp³-hybridized carbons (Fsp3) is 0.0909. The van der Waals surface area contributed by atoms with Crippen molar-refractivity contribution in [3.05, 3.63) is 42.2 Å². The summed E-state index contributed by atoms with van der Waals surface area (Å²) in [4.78, 5) is 13.5. The fourth-order valence-electron chi connectivity index (χ4n) is 1.41. The van der Waals surface area contributed by atoms with Crippen molar-refractivity contribution >= 4 is 17.3 Å². The van der Waals surface area contributed by atoms with Crippen molar-refractivity contribution in [3.8, 4) is 0 Å². The van der Waals surface area contributed by atoms with Crippen molar-refractivity contribution in [1.29, 1.82) is 0 Å². The molecular formula is C11H12N4O. The normalized spacial score (nSPS) is 10.1. The highest BCUT2D eigenvalue weighted by Gasteiger charge is 2.14. The number of H-pyrrole nitrogens is 1. The maximum atomic E-state index is 11.9. The third kappa shape index (κ3) is 1.88. The Morgan fingerprint density at radius 1 is 1.50 bits per heavy atom. The van der Waals surface area contributed by atoms with E-state index >= 15 is 0 Å². The van der Waals surface area contributed by atoms with Crippen LogP contribution in [0.5, 0.6) is 0 Å². The van der Waals surface area contributed by atoms with E-state index in [0.717, 1.165) is 5.69 Å². The predicted molar refractivity (Wildman–Crippen MR) is 62.2 cm³/mol. The molecule has 1 aromatic carbocycles. The zero-order valence-corrected chi connectivity index (χ0v) is 8.84. The zero-order chi connectivity index (χ0) is 11.5. The summed E-state index contributed by atoms with van der Waals surface area (Å²) in [6, 6.07) is 7.16. The molecule has 0 fully saturated rings. The average Bonchev–Trinajstić information content (AvgIpc) is 2.80. The lowest BCUT2D eigenvalue weighted by Gasteiger charge is -2.16. The number of aromatic nitrogens is 2. The number of amides is 1. The topological polar surface area (TPSA) is 75.0 Å². The Hall–Kier alpha value is -2.30. The van der Waals surface area contributed by atoms with Crippen molar-refractivity contribution in [2.75, 3.05) is 17.7 Å². The van der Waals surface area contributed by atoms with E-state index in [1.54, 1.807) is 25.4 Å². The van der Waals surface area contributed by atoms with Crippen molar-refractivity contribution in [1.82, 2.24) is 10.2 Å². The number of carbonyl (C=O) groups is 1. The minimum absolute atomic E-state index is 0.126. The maximum absolute atomic E-state index is 11.9. The Labute approximate surface area is 92.9 Å². The predicted octanol–water partition coefficient (Wildman–Crippen LogP) is 1.27. The van der Waals surface area contributed by atoms with Crippen LogP contribution in [0.4, 0.5) is 11.4 Å². The lowest BCUT2D eigenvalue weighted by atomic mass is 10.2. The Morgan fingerprint density at radius 2 is 2.31 bits per heavy atom. The monoisotopic (exact) mass is 216 g/mol. The summed E-state index contributed by atoms with van der Waals surface area (Å²) >= 11 is 0. The molecule has 1 amide bonds. The van der Waals surface area contributed by atoms with Gasteiger partial charge in [-0.15, -0.1) is 0 Å². The first kappa shape index (κ1) is 10.2. The van der Waals surface area contributed by atoms with Crippen molar-refractivity contribution in [2.45, 2.75) is 0 Å². The van der Waals surface area contributed by atoms with E-state index in [-0.39, 0.29) is 5.91 Å². The number of nitrogen functional groups attached to an aromatic ring is 1. The van der Waals surface area contributed by atoms with Crippen LogP contribution in [0, 0.1) is 0 Å². The second-order valence-corrected chi connectivity index (χ2v) is 3.45. The van der Waals surface area contributed by atoms with Gasteiger partial charge >= 0.3 is 0 Å². The molecule has 0 atom stereocenters. The van der Waals surface area contributed by atoms with Crippen molar-refractivity contribution < 1.29 is 4.79 Å². The molecule has 2 rings (SSSR count). The summed E-state index contributed by atoms with van der Waals surface area (Å²) < 4.78 is 0. The molecule has 0 saturated heterocycles. The minimum Gasteiger partial charge on any atom is -0.399 e. The van der Waals surface area contributed by atoms with Crippen LogP contribution in [0.15, 0.2) is 36.7 Å². The third-order valence-electron chi connectivity index (χ3n) is 2.31. The highest BCUT2D eigenvalue weighted by molar-refractivity contribution is 6.05. The van der Waals surface area contributed by atoms with Crippen LogP contribution in [0.2, 0.25) is 0 Å². The number of hydrogen-bond acceptors (Lipinski definition) is 3. The molecule has 0 spiro atoms. The Morgan fingerprint density at radius 3 is 2.94 bits per heavy atom. The quantitative estimate of drug-likeness (QED) is 0.742. The average molecular weight is 216 g/mol. The van der Waals surface area contributed by atoms with E-state index in [1.165, 1.54) is 11.1 Å². The molecule has 82 valence electrons. The summed E-state index contributed by atoms with van der Waals surface area (Å²) in [6.45, 7) is 0. The van der Waals surface area contributed by atoms with Crippen LogP contribution >= 0.6 is 0 Å². The molecule has 1 aromatic heterocycles. The van der Waals surface area contributed by atoms with E-state index in [4.69, 9.17) is 5.73 Å². The maximum Gasteiger partial charge on any atom is 0.261 e. The summed E-state index contributed by atoms with van der Waals surface area (Å²) in [6.07, 6.45) is 3.05. The molecule has 3 N–H and O–H groups in total. The van der Waals surface area contributed by atoms with Gasteiger partial charge in [0.25, 0.3) is 5.91 Å². The number of aromatic amines is 1. The van der Waals surface area contributed by atoms with Gasteiger partial charge in [0.1, 0.15) is 0 Å². The van der Waals surface area contributed by atoms with Gasteiger partial charge in [-0.1, -0.05) is 6.07 Å².